The molecule has 0 amide bonds. The standard InChI is InChI=1S/C15H9FN4O/c16-10-4-6-11(7-5-10)20-12-9-17-13-3-1-2-8-19(13)14(12)18-15(20)21/h1-9H. The number of rotatable bonds is 1. The van der Waals surface area contributed by atoms with Crippen molar-refractivity contribution in [1.29, 1.82) is 0 Å². The Balaban J connectivity index is 2.05. The summed E-state index contributed by atoms with van der Waals surface area (Å²) in [6.07, 6.45) is 3.40. The molecule has 0 radical (unpaired) electrons. The quantitative estimate of drug-likeness (QED) is 0.536. The molecule has 3 heterocycles. The molecule has 0 spiro atoms. The summed E-state index contributed by atoms with van der Waals surface area (Å²) in [5.74, 6) is 0.170. The van der Waals surface area contributed by atoms with E-state index in [0.717, 1.165) is 0 Å². The molecule has 21 heavy (non-hydrogen) atoms. The van der Waals surface area contributed by atoms with Crippen LogP contribution in [0.3, 0.4) is 0 Å². The number of pyridine rings is 1. The van der Waals surface area contributed by atoms with Gasteiger partial charge in [0.25, 0.3) is 0 Å². The summed E-state index contributed by atoms with van der Waals surface area (Å²) in [5.41, 5.74) is 1.42. The average molecular weight is 280 g/mol. The molecule has 0 bridgehead atoms. The van der Waals surface area contributed by atoms with Crippen molar-refractivity contribution in [2.24, 2.45) is 0 Å². The number of hydrogen-bond donors (Lipinski definition) is 0. The molecule has 1 aromatic carbocycles. The minimum absolute atomic E-state index is 0.353. The number of aromatic nitrogens is 4. The number of imidazole rings is 1. The Morgan fingerprint density at radius 3 is 2.67 bits per heavy atom. The predicted octanol–water partition coefficient (Wildman–Crippen LogP) is 2.12. The molecule has 0 fully saturated rings. The second-order valence-corrected chi connectivity index (χ2v) is 4.60. The van der Waals surface area contributed by atoms with Crippen molar-refractivity contribution in [3.63, 3.8) is 0 Å². The van der Waals surface area contributed by atoms with Crippen molar-refractivity contribution in [2.45, 2.75) is 0 Å². The van der Waals surface area contributed by atoms with Crippen LogP contribution in [0.5, 0.6) is 0 Å². The first-order chi connectivity index (χ1) is 10.2. The maximum Gasteiger partial charge on any atom is 0.354 e. The highest BCUT2D eigenvalue weighted by Crippen LogP contribution is 2.21. The zero-order chi connectivity index (χ0) is 14.4. The summed E-state index contributed by atoms with van der Waals surface area (Å²) in [4.78, 5) is 20.6. The van der Waals surface area contributed by atoms with E-state index in [-0.39, 0.29) is 5.82 Å². The Kier molecular flexibility index (Phi) is 2.38. The molecule has 0 N–H and O–H groups in total. The molecule has 102 valence electrons. The summed E-state index contributed by atoms with van der Waals surface area (Å²) in [7, 11) is 0. The van der Waals surface area contributed by atoms with E-state index < -0.39 is 5.69 Å². The van der Waals surface area contributed by atoms with Gasteiger partial charge >= 0.3 is 5.69 Å². The number of hydrogen-bond acceptors (Lipinski definition) is 3. The van der Waals surface area contributed by atoms with E-state index in [0.29, 0.717) is 22.9 Å². The first-order valence-electron chi connectivity index (χ1n) is 6.35. The minimum Gasteiger partial charge on any atom is -0.284 e. The zero-order valence-corrected chi connectivity index (χ0v) is 10.8. The minimum atomic E-state index is -0.415. The highest BCUT2D eigenvalue weighted by molar-refractivity contribution is 5.60. The van der Waals surface area contributed by atoms with Crippen LogP contribution in [-0.2, 0) is 0 Å². The van der Waals surface area contributed by atoms with Crippen molar-refractivity contribution in [3.05, 3.63) is 71.2 Å². The molecular weight excluding hydrogens is 271 g/mol. The van der Waals surface area contributed by atoms with Gasteiger partial charge in [-0.3, -0.25) is 8.97 Å². The van der Waals surface area contributed by atoms with E-state index in [1.807, 2.05) is 18.2 Å². The van der Waals surface area contributed by atoms with Gasteiger partial charge in [-0.05, 0) is 36.4 Å². The first-order valence-corrected chi connectivity index (χ1v) is 6.35. The Morgan fingerprint density at radius 1 is 1.05 bits per heavy atom. The van der Waals surface area contributed by atoms with Gasteiger partial charge in [-0.25, -0.2) is 14.2 Å². The van der Waals surface area contributed by atoms with Crippen LogP contribution >= 0.6 is 0 Å². The van der Waals surface area contributed by atoms with Crippen LogP contribution in [0.4, 0.5) is 4.39 Å². The lowest BCUT2D eigenvalue weighted by Gasteiger charge is -2.08. The normalized spacial score (nSPS) is 11.3. The molecule has 6 heteroatoms. The van der Waals surface area contributed by atoms with Crippen molar-refractivity contribution >= 4 is 5.65 Å². The molecule has 0 unspecified atom stereocenters. The van der Waals surface area contributed by atoms with Crippen molar-refractivity contribution < 1.29 is 4.39 Å². The molecular formula is C15H9FN4O. The highest BCUT2D eigenvalue weighted by Gasteiger charge is 2.18. The van der Waals surface area contributed by atoms with Crippen LogP contribution in [0.15, 0.2) is 59.7 Å². The Hall–Kier alpha value is -3.02. The Morgan fingerprint density at radius 2 is 1.86 bits per heavy atom. The fourth-order valence-corrected chi connectivity index (χ4v) is 2.38. The zero-order valence-electron chi connectivity index (χ0n) is 10.8. The van der Waals surface area contributed by atoms with Gasteiger partial charge in [0.1, 0.15) is 17.2 Å². The number of halogens is 1. The third-order valence-electron chi connectivity index (χ3n) is 3.33. The summed E-state index contributed by atoms with van der Waals surface area (Å²) in [5, 5.41) is 0. The predicted molar refractivity (Wildman–Crippen MR) is 75.2 cm³/mol. The van der Waals surface area contributed by atoms with E-state index in [2.05, 4.69) is 9.97 Å². The number of benzene rings is 1. The van der Waals surface area contributed by atoms with Crippen molar-refractivity contribution in [2.75, 3.05) is 0 Å². The first kappa shape index (κ1) is 11.8. The Bertz CT molecular complexity index is 971. The Labute approximate surface area is 118 Å². The number of fused-ring (bicyclic) bond motifs is 3. The van der Waals surface area contributed by atoms with Gasteiger partial charge in [0.15, 0.2) is 5.82 Å². The van der Waals surface area contributed by atoms with Gasteiger partial charge in [-0.2, -0.15) is 4.98 Å². The average Bonchev–Trinajstić information content (AvgIpc) is 2.85. The molecule has 0 aliphatic carbocycles. The lowest BCUT2D eigenvalue weighted by molar-refractivity contribution is 0.627. The van der Waals surface area contributed by atoms with E-state index in [1.54, 1.807) is 16.8 Å². The number of nitrogens with zero attached hydrogens (tertiary/aromatic N) is 4. The largest absolute Gasteiger partial charge is 0.354 e. The second kappa shape index (κ2) is 4.24. The van der Waals surface area contributed by atoms with Gasteiger partial charge in [-0.1, -0.05) is 6.07 Å². The molecule has 2 aliphatic heterocycles. The van der Waals surface area contributed by atoms with Gasteiger partial charge in [0, 0.05) is 6.20 Å². The second-order valence-electron chi connectivity index (χ2n) is 4.60. The van der Waals surface area contributed by atoms with E-state index in [4.69, 9.17) is 0 Å². The molecule has 0 saturated heterocycles. The molecule has 0 atom stereocenters. The molecule has 4 rings (SSSR count). The lowest BCUT2D eigenvalue weighted by atomic mass is 10.3. The lowest BCUT2D eigenvalue weighted by Crippen LogP contribution is -2.14. The fourth-order valence-electron chi connectivity index (χ4n) is 2.38. The van der Waals surface area contributed by atoms with Gasteiger partial charge in [0.05, 0.1) is 11.9 Å². The van der Waals surface area contributed by atoms with Gasteiger partial charge in [-0.15, -0.1) is 0 Å². The third-order valence-corrected chi connectivity index (χ3v) is 3.33. The maximum absolute atomic E-state index is 13.0. The van der Waals surface area contributed by atoms with Gasteiger partial charge < -0.3 is 0 Å². The smallest absolute Gasteiger partial charge is 0.284 e. The third kappa shape index (κ3) is 1.73. The van der Waals surface area contributed by atoms with Crippen molar-refractivity contribution in [1.82, 2.24) is 18.9 Å². The molecule has 1 aromatic heterocycles. The summed E-state index contributed by atoms with van der Waals surface area (Å²) in [6.45, 7) is 0. The van der Waals surface area contributed by atoms with Crippen LogP contribution in [0.1, 0.15) is 0 Å². The molecule has 2 aromatic rings. The molecule has 5 nitrogen and oxygen atoms in total. The summed E-state index contributed by atoms with van der Waals surface area (Å²) in [6, 6.07) is 11.2. The van der Waals surface area contributed by atoms with Crippen LogP contribution in [-0.4, -0.2) is 18.9 Å². The fraction of sp³-hybridized carbons (Fsp3) is 0. The monoisotopic (exact) mass is 280 g/mol. The summed E-state index contributed by atoms with van der Waals surface area (Å²) < 4.78 is 16.2. The maximum atomic E-state index is 13.0. The molecule has 0 saturated carbocycles. The van der Waals surface area contributed by atoms with Crippen LogP contribution in [0.2, 0.25) is 0 Å². The molecule has 2 aliphatic rings. The topological polar surface area (TPSA) is 52.2 Å². The summed E-state index contributed by atoms with van der Waals surface area (Å²) >= 11 is 0. The van der Waals surface area contributed by atoms with E-state index in [9.17, 15) is 9.18 Å². The van der Waals surface area contributed by atoms with Crippen molar-refractivity contribution in [3.8, 4) is 17.2 Å². The van der Waals surface area contributed by atoms with Crippen LogP contribution in [0.25, 0.3) is 22.9 Å². The van der Waals surface area contributed by atoms with E-state index >= 15 is 0 Å². The SMILES string of the molecule is O=c1nc2n3ccccc3ncc-2n1-c1ccc(F)cc1. The van der Waals surface area contributed by atoms with Gasteiger partial charge in [0.2, 0.25) is 0 Å². The van der Waals surface area contributed by atoms with Crippen LogP contribution < -0.4 is 5.69 Å². The highest BCUT2D eigenvalue weighted by atomic mass is 19.1. The van der Waals surface area contributed by atoms with Crippen LogP contribution in [0, 0.1) is 5.82 Å². The van der Waals surface area contributed by atoms with E-state index in [1.165, 1.54) is 28.8 Å².